The van der Waals surface area contributed by atoms with Crippen molar-refractivity contribution in [3.8, 4) is 0 Å². The van der Waals surface area contributed by atoms with E-state index in [0.717, 1.165) is 6.42 Å². The summed E-state index contributed by atoms with van der Waals surface area (Å²) in [6, 6.07) is 0. The summed E-state index contributed by atoms with van der Waals surface area (Å²) in [6.07, 6.45) is 1.89. The molecule has 0 aromatic carbocycles. The minimum Gasteiger partial charge on any atom is -0.481 e. The number of hydrogen-bond acceptors (Lipinski definition) is 5. The Bertz CT molecular complexity index is 447. The van der Waals surface area contributed by atoms with Crippen LogP contribution in [0.5, 0.6) is 0 Å². The number of hydrogen-bond donors (Lipinski definition) is 2. The number of aliphatic carboxylic acids is 1. The van der Waals surface area contributed by atoms with Gasteiger partial charge in [0.2, 0.25) is 10.0 Å². The molecule has 8 heteroatoms. The third kappa shape index (κ3) is 5.46. The third-order valence-corrected chi connectivity index (χ3v) is 4.77. The van der Waals surface area contributed by atoms with Crippen LogP contribution in [0, 0.1) is 11.8 Å². The molecule has 1 saturated carbocycles. The van der Waals surface area contributed by atoms with Crippen LogP contribution in [0.2, 0.25) is 0 Å². The van der Waals surface area contributed by atoms with Gasteiger partial charge >= 0.3 is 11.9 Å². The van der Waals surface area contributed by atoms with E-state index < -0.39 is 27.9 Å². The molecule has 0 spiro atoms. The first-order valence-corrected chi connectivity index (χ1v) is 8.36. The predicted octanol–water partition coefficient (Wildman–Crippen LogP) is 0.360. The summed E-state index contributed by atoms with van der Waals surface area (Å²) in [5, 5.41) is 9.01. The first kappa shape index (κ1) is 16.9. The van der Waals surface area contributed by atoms with E-state index in [1.54, 1.807) is 6.92 Å². The fourth-order valence-electron chi connectivity index (χ4n) is 2.36. The summed E-state index contributed by atoms with van der Waals surface area (Å²) in [5.41, 5.74) is 0. The average Bonchev–Trinajstić information content (AvgIpc) is 2.83. The van der Waals surface area contributed by atoms with E-state index in [-0.39, 0.29) is 31.2 Å². The molecule has 0 aromatic rings. The van der Waals surface area contributed by atoms with Crippen molar-refractivity contribution in [2.24, 2.45) is 11.8 Å². The van der Waals surface area contributed by atoms with Crippen molar-refractivity contribution in [3.05, 3.63) is 0 Å². The fourth-order valence-corrected chi connectivity index (χ4v) is 3.41. The van der Waals surface area contributed by atoms with Crippen molar-refractivity contribution in [1.82, 2.24) is 4.72 Å². The predicted molar refractivity (Wildman–Crippen MR) is 71.5 cm³/mol. The lowest BCUT2D eigenvalue weighted by Gasteiger charge is -2.16. The molecule has 116 valence electrons. The zero-order valence-corrected chi connectivity index (χ0v) is 12.3. The summed E-state index contributed by atoms with van der Waals surface area (Å²) < 4.78 is 30.5. The van der Waals surface area contributed by atoms with E-state index in [2.05, 4.69) is 9.46 Å². The molecule has 1 aliphatic carbocycles. The Morgan fingerprint density at radius 2 is 2.05 bits per heavy atom. The standard InChI is InChI=1S/C12H21NO6S/c1-2-19-11(14)6-7-20(17,18)13-8-9-4-3-5-10(9)12(15)16/h9-10,13H,2-8H2,1H3,(H,15,16). The van der Waals surface area contributed by atoms with Gasteiger partial charge in [0.25, 0.3) is 0 Å². The lowest BCUT2D eigenvalue weighted by molar-refractivity contribution is -0.143. The van der Waals surface area contributed by atoms with Gasteiger partial charge in [-0.25, -0.2) is 13.1 Å². The van der Waals surface area contributed by atoms with Gasteiger partial charge in [0.1, 0.15) is 0 Å². The van der Waals surface area contributed by atoms with Crippen LogP contribution in [-0.2, 0) is 24.3 Å². The first-order chi connectivity index (χ1) is 9.35. The highest BCUT2D eigenvalue weighted by molar-refractivity contribution is 7.89. The van der Waals surface area contributed by atoms with Crippen LogP contribution >= 0.6 is 0 Å². The monoisotopic (exact) mass is 307 g/mol. The fraction of sp³-hybridized carbons (Fsp3) is 0.833. The molecule has 7 nitrogen and oxygen atoms in total. The average molecular weight is 307 g/mol. The Labute approximate surface area is 118 Å². The SMILES string of the molecule is CCOC(=O)CCS(=O)(=O)NCC1CCCC1C(=O)O. The number of sulfonamides is 1. The maximum absolute atomic E-state index is 11.7. The molecular formula is C12H21NO6S. The maximum atomic E-state index is 11.7. The number of carbonyl (C=O) groups excluding carboxylic acids is 1. The molecule has 2 atom stereocenters. The highest BCUT2D eigenvalue weighted by Crippen LogP contribution is 2.31. The highest BCUT2D eigenvalue weighted by atomic mass is 32.2. The lowest BCUT2D eigenvalue weighted by Crippen LogP contribution is -2.34. The molecule has 20 heavy (non-hydrogen) atoms. The number of rotatable bonds is 8. The number of esters is 1. The molecule has 0 saturated heterocycles. The normalized spacial score (nSPS) is 22.6. The van der Waals surface area contributed by atoms with Crippen LogP contribution in [0.3, 0.4) is 0 Å². The van der Waals surface area contributed by atoms with Gasteiger partial charge in [0.15, 0.2) is 0 Å². The van der Waals surface area contributed by atoms with Crippen molar-refractivity contribution in [3.63, 3.8) is 0 Å². The Hall–Kier alpha value is -1.15. The molecule has 1 rings (SSSR count). The zero-order chi connectivity index (χ0) is 15.2. The van der Waals surface area contributed by atoms with Crippen molar-refractivity contribution in [1.29, 1.82) is 0 Å². The molecule has 2 unspecified atom stereocenters. The molecule has 1 aliphatic rings. The number of carboxylic acids is 1. The van der Waals surface area contributed by atoms with Crippen molar-refractivity contribution >= 4 is 22.0 Å². The zero-order valence-electron chi connectivity index (χ0n) is 11.5. The van der Waals surface area contributed by atoms with Crippen LogP contribution in [-0.4, -0.2) is 44.4 Å². The van der Waals surface area contributed by atoms with Crippen LogP contribution in [0.1, 0.15) is 32.6 Å². The molecule has 0 bridgehead atoms. The molecular weight excluding hydrogens is 286 g/mol. The second-order valence-electron chi connectivity index (χ2n) is 4.86. The van der Waals surface area contributed by atoms with Crippen LogP contribution < -0.4 is 4.72 Å². The lowest BCUT2D eigenvalue weighted by atomic mass is 9.97. The minimum atomic E-state index is -3.58. The second-order valence-corrected chi connectivity index (χ2v) is 6.78. The largest absolute Gasteiger partial charge is 0.481 e. The Morgan fingerprint density at radius 1 is 1.35 bits per heavy atom. The maximum Gasteiger partial charge on any atom is 0.306 e. The number of nitrogens with one attached hydrogen (secondary N) is 1. The van der Waals surface area contributed by atoms with E-state index in [9.17, 15) is 18.0 Å². The van der Waals surface area contributed by atoms with Gasteiger partial charge in [-0.2, -0.15) is 0 Å². The molecule has 0 amide bonds. The molecule has 0 heterocycles. The smallest absolute Gasteiger partial charge is 0.306 e. The van der Waals surface area contributed by atoms with E-state index in [0.29, 0.717) is 12.8 Å². The van der Waals surface area contributed by atoms with Crippen molar-refractivity contribution in [2.75, 3.05) is 18.9 Å². The van der Waals surface area contributed by atoms with Crippen LogP contribution in [0.25, 0.3) is 0 Å². The Morgan fingerprint density at radius 3 is 2.65 bits per heavy atom. The van der Waals surface area contributed by atoms with Crippen molar-refractivity contribution in [2.45, 2.75) is 32.6 Å². The summed E-state index contributed by atoms with van der Waals surface area (Å²) >= 11 is 0. The summed E-state index contributed by atoms with van der Waals surface area (Å²) in [5.74, 6) is -2.43. The summed E-state index contributed by atoms with van der Waals surface area (Å²) in [4.78, 5) is 22.1. The van der Waals surface area contributed by atoms with Crippen LogP contribution in [0.4, 0.5) is 0 Å². The third-order valence-electron chi connectivity index (χ3n) is 3.42. The van der Waals surface area contributed by atoms with Gasteiger partial charge in [-0.1, -0.05) is 6.42 Å². The Kier molecular flexibility index (Phi) is 6.41. The first-order valence-electron chi connectivity index (χ1n) is 6.71. The summed E-state index contributed by atoms with van der Waals surface area (Å²) in [6.45, 7) is 1.98. The molecule has 2 N–H and O–H groups in total. The van der Waals surface area contributed by atoms with Gasteiger partial charge in [0, 0.05) is 6.54 Å². The van der Waals surface area contributed by atoms with E-state index in [1.807, 2.05) is 0 Å². The topological polar surface area (TPSA) is 110 Å². The molecule has 0 radical (unpaired) electrons. The van der Waals surface area contributed by atoms with Crippen LogP contribution in [0.15, 0.2) is 0 Å². The van der Waals surface area contributed by atoms with Gasteiger partial charge < -0.3 is 9.84 Å². The number of carboxylic acid groups (broad SMARTS) is 1. The quantitative estimate of drug-likeness (QED) is 0.627. The molecule has 1 fully saturated rings. The van der Waals surface area contributed by atoms with Gasteiger partial charge in [-0.3, -0.25) is 9.59 Å². The summed E-state index contributed by atoms with van der Waals surface area (Å²) in [7, 11) is -3.58. The van der Waals surface area contributed by atoms with Gasteiger partial charge in [0.05, 0.1) is 24.7 Å². The Balaban J connectivity index is 2.39. The highest BCUT2D eigenvalue weighted by Gasteiger charge is 2.33. The molecule has 0 aliphatic heterocycles. The number of carbonyl (C=O) groups is 2. The van der Waals surface area contributed by atoms with Gasteiger partial charge in [-0.15, -0.1) is 0 Å². The van der Waals surface area contributed by atoms with Gasteiger partial charge in [-0.05, 0) is 25.7 Å². The van der Waals surface area contributed by atoms with E-state index in [1.165, 1.54) is 0 Å². The minimum absolute atomic E-state index is 0.113. The van der Waals surface area contributed by atoms with Crippen molar-refractivity contribution < 1.29 is 27.9 Å². The van der Waals surface area contributed by atoms with E-state index >= 15 is 0 Å². The second kappa shape index (κ2) is 7.58. The van der Waals surface area contributed by atoms with E-state index in [4.69, 9.17) is 5.11 Å². The number of ether oxygens (including phenoxy) is 1. The molecule has 0 aromatic heterocycles.